The highest BCUT2D eigenvalue weighted by atomic mass is 16.5. The maximum absolute atomic E-state index is 5.25. The first-order chi connectivity index (χ1) is 11.3. The summed E-state index contributed by atoms with van der Waals surface area (Å²) in [6.45, 7) is 4.43. The lowest BCUT2D eigenvalue weighted by atomic mass is 10.1. The van der Waals surface area contributed by atoms with Crippen molar-refractivity contribution in [3.05, 3.63) is 54.0 Å². The summed E-state index contributed by atoms with van der Waals surface area (Å²) < 4.78 is 7.17. The molecular formula is C17H21N5O. The molecule has 0 aliphatic rings. The van der Waals surface area contributed by atoms with Crippen LogP contribution in [-0.2, 0) is 19.6 Å². The molecule has 1 aromatic carbocycles. The van der Waals surface area contributed by atoms with Gasteiger partial charge in [0.15, 0.2) is 0 Å². The maximum atomic E-state index is 5.25. The number of aromatic amines is 1. The van der Waals surface area contributed by atoms with Crippen LogP contribution in [0.2, 0.25) is 0 Å². The smallest absolute Gasteiger partial charge is 0.119 e. The maximum Gasteiger partial charge on any atom is 0.119 e. The number of aromatic nitrogens is 4. The van der Waals surface area contributed by atoms with Crippen molar-refractivity contribution in [2.45, 2.75) is 26.6 Å². The fraction of sp³-hybridized carbons (Fsp3) is 0.294. The van der Waals surface area contributed by atoms with Gasteiger partial charge in [0.05, 0.1) is 18.5 Å². The number of hydrogen-bond acceptors (Lipinski definition) is 4. The number of methoxy groups -OCH3 is 1. The molecule has 0 spiro atoms. The van der Waals surface area contributed by atoms with E-state index >= 15 is 0 Å². The SMILES string of the molecule is CCn1ccc(CNCc2cc(-c3cccc(OC)c3)n[nH]2)n1. The molecule has 2 N–H and O–H groups in total. The Hall–Kier alpha value is -2.60. The first-order valence-corrected chi connectivity index (χ1v) is 7.70. The highest BCUT2D eigenvalue weighted by Gasteiger charge is 2.05. The van der Waals surface area contributed by atoms with E-state index in [1.54, 1.807) is 7.11 Å². The molecule has 3 rings (SSSR count). The fourth-order valence-corrected chi connectivity index (χ4v) is 2.38. The van der Waals surface area contributed by atoms with Crippen molar-refractivity contribution >= 4 is 0 Å². The molecule has 2 aromatic heterocycles. The summed E-state index contributed by atoms with van der Waals surface area (Å²) in [7, 11) is 1.67. The molecular weight excluding hydrogens is 290 g/mol. The molecule has 120 valence electrons. The molecule has 0 aliphatic carbocycles. The molecule has 6 heteroatoms. The van der Waals surface area contributed by atoms with Crippen molar-refractivity contribution in [2.75, 3.05) is 7.11 Å². The Balaban J connectivity index is 1.58. The van der Waals surface area contributed by atoms with Crippen LogP contribution in [0.1, 0.15) is 18.3 Å². The van der Waals surface area contributed by atoms with Gasteiger partial charge in [0.1, 0.15) is 5.75 Å². The standard InChI is InChI=1S/C17H21N5O/c1-3-22-8-7-14(21-22)11-18-12-15-10-17(20-19-15)13-5-4-6-16(9-13)23-2/h4-10,18H,3,11-12H2,1-2H3,(H,19,20). The number of H-pyrrole nitrogens is 1. The third-order valence-corrected chi connectivity index (χ3v) is 3.64. The highest BCUT2D eigenvalue weighted by molar-refractivity contribution is 5.61. The van der Waals surface area contributed by atoms with E-state index in [-0.39, 0.29) is 0 Å². The van der Waals surface area contributed by atoms with Gasteiger partial charge in [-0.15, -0.1) is 0 Å². The van der Waals surface area contributed by atoms with Gasteiger partial charge < -0.3 is 10.1 Å². The van der Waals surface area contributed by atoms with E-state index in [2.05, 4.69) is 27.5 Å². The summed E-state index contributed by atoms with van der Waals surface area (Å²) in [5.74, 6) is 0.830. The molecule has 0 fully saturated rings. The van der Waals surface area contributed by atoms with Gasteiger partial charge in [-0.3, -0.25) is 9.78 Å². The van der Waals surface area contributed by atoms with Crippen molar-refractivity contribution in [1.82, 2.24) is 25.3 Å². The van der Waals surface area contributed by atoms with Crippen LogP contribution >= 0.6 is 0 Å². The topological polar surface area (TPSA) is 67.8 Å². The first-order valence-electron chi connectivity index (χ1n) is 7.70. The van der Waals surface area contributed by atoms with Crippen LogP contribution in [0.15, 0.2) is 42.6 Å². The van der Waals surface area contributed by atoms with Crippen LogP contribution in [0.4, 0.5) is 0 Å². The van der Waals surface area contributed by atoms with Crippen molar-refractivity contribution in [3.63, 3.8) is 0 Å². The molecule has 0 radical (unpaired) electrons. The largest absolute Gasteiger partial charge is 0.497 e. The molecule has 6 nitrogen and oxygen atoms in total. The zero-order valence-corrected chi connectivity index (χ0v) is 13.4. The predicted molar refractivity (Wildman–Crippen MR) is 89.0 cm³/mol. The predicted octanol–water partition coefficient (Wildman–Crippen LogP) is 2.59. The number of hydrogen-bond donors (Lipinski definition) is 2. The van der Waals surface area contributed by atoms with E-state index in [1.165, 1.54) is 0 Å². The second-order valence-electron chi connectivity index (χ2n) is 5.28. The molecule has 2 heterocycles. The van der Waals surface area contributed by atoms with Gasteiger partial charge in [0, 0.05) is 37.1 Å². The molecule has 23 heavy (non-hydrogen) atoms. The first kappa shape index (κ1) is 15.3. The van der Waals surface area contributed by atoms with Crippen LogP contribution in [0, 0.1) is 0 Å². The summed E-state index contributed by atoms with van der Waals surface area (Å²) in [5.41, 5.74) is 4.03. The summed E-state index contributed by atoms with van der Waals surface area (Å²) in [4.78, 5) is 0. The number of aryl methyl sites for hydroxylation is 1. The van der Waals surface area contributed by atoms with Gasteiger partial charge in [0.2, 0.25) is 0 Å². The average Bonchev–Trinajstić information content (AvgIpc) is 3.24. The Morgan fingerprint density at radius 3 is 2.91 bits per heavy atom. The zero-order valence-electron chi connectivity index (χ0n) is 13.4. The van der Waals surface area contributed by atoms with Crippen LogP contribution in [0.25, 0.3) is 11.3 Å². The summed E-state index contributed by atoms with van der Waals surface area (Å²) in [6.07, 6.45) is 1.99. The second kappa shape index (κ2) is 7.11. The average molecular weight is 311 g/mol. The van der Waals surface area contributed by atoms with Crippen LogP contribution < -0.4 is 10.1 Å². The number of rotatable bonds is 7. The summed E-state index contributed by atoms with van der Waals surface area (Å²) in [6, 6.07) is 12.0. The normalized spacial score (nSPS) is 10.9. The minimum Gasteiger partial charge on any atom is -0.497 e. The molecule has 0 bridgehead atoms. The van der Waals surface area contributed by atoms with E-state index in [1.807, 2.05) is 47.3 Å². The Morgan fingerprint density at radius 2 is 2.13 bits per heavy atom. The van der Waals surface area contributed by atoms with Crippen LogP contribution in [0.5, 0.6) is 5.75 Å². The minimum atomic E-state index is 0.718. The van der Waals surface area contributed by atoms with Crippen molar-refractivity contribution in [3.8, 4) is 17.0 Å². The highest BCUT2D eigenvalue weighted by Crippen LogP contribution is 2.22. The molecule has 0 saturated carbocycles. The number of ether oxygens (including phenoxy) is 1. The van der Waals surface area contributed by atoms with Crippen LogP contribution in [0.3, 0.4) is 0 Å². The van der Waals surface area contributed by atoms with Gasteiger partial charge in [-0.25, -0.2) is 0 Å². The van der Waals surface area contributed by atoms with Crippen LogP contribution in [-0.4, -0.2) is 27.1 Å². The number of benzene rings is 1. The third kappa shape index (κ3) is 3.78. The summed E-state index contributed by atoms with van der Waals surface area (Å²) in [5, 5.41) is 15.2. The lowest BCUT2D eigenvalue weighted by Crippen LogP contribution is -2.13. The molecule has 0 unspecified atom stereocenters. The van der Waals surface area contributed by atoms with E-state index in [4.69, 9.17) is 4.74 Å². The van der Waals surface area contributed by atoms with Gasteiger partial charge in [-0.05, 0) is 31.2 Å². The Labute approximate surface area is 135 Å². The molecule has 3 aromatic rings. The third-order valence-electron chi connectivity index (χ3n) is 3.64. The minimum absolute atomic E-state index is 0.718. The van der Waals surface area contributed by atoms with Gasteiger partial charge in [-0.1, -0.05) is 12.1 Å². The Kier molecular flexibility index (Phi) is 4.73. The van der Waals surface area contributed by atoms with E-state index in [9.17, 15) is 0 Å². The monoisotopic (exact) mass is 311 g/mol. The van der Waals surface area contributed by atoms with Gasteiger partial charge >= 0.3 is 0 Å². The molecule has 0 atom stereocenters. The quantitative estimate of drug-likeness (QED) is 0.704. The van der Waals surface area contributed by atoms with Crippen molar-refractivity contribution < 1.29 is 4.74 Å². The number of nitrogens with zero attached hydrogens (tertiary/aromatic N) is 3. The van der Waals surface area contributed by atoms with Gasteiger partial charge in [0.25, 0.3) is 0 Å². The Morgan fingerprint density at radius 1 is 1.22 bits per heavy atom. The van der Waals surface area contributed by atoms with Crippen molar-refractivity contribution in [2.24, 2.45) is 0 Å². The van der Waals surface area contributed by atoms with E-state index in [0.717, 1.165) is 48.0 Å². The molecule has 0 saturated heterocycles. The Bertz CT molecular complexity index is 762. The van der Waals surface area contributed by atoms with Gasteiger partial charge in [-0.2, -0.15) is 10.2 Å². The number of nitrogens with one attached hydrogen (secondary N) is 2. The fourth-order valence-electron chi connectivity index (χ4n) is 2.38. The lowest BCUT2D eigenvalue weighted by Gasteiger charge is -2.01. The molecule has 0 aliphatic heterocycles. The van der Waals surface area contributed by atoms with E-state index < -0.39 is 0 Å². The summed E-state index contributed by atoms with van der Waals surface area (Å²) >= 11 is 0. The van der Waals surface area contributed by atoms with E-state index in [0.29, 0.717) is 0 Å². The van der Waals surface area contributed by atoms with Crippen molar-refractivity contribution in [1.29, 1.82) is 0 Å². The molecule has 0 amide bonds. The zero-order chi connectivity index (χ0) is 16.1. The second-order valence-corrected chi connectivity index (χ2v) is 5.28. The lowest BCUT2D eigenvalue weighted by molar-refractivity contribution is 0.415.